The molecule has 0 spiro atoms. The van der Waals surface area contributed by atoms with E-state index < -0.39 is 0 Å². The second-order valence-corrected chi connectivity index (χ2v) is 7.11. The SMILES string of the molecule is O=C(c1cc(-c2ccsc2)n[nH]1)N1CCCC(OCc2ccccn2)C1. The highest BCUT2D eigenvalue weighted by atomic mass is 32.1. The molecule has 0 saturated carbocycles. The molecule has 0 bridgehead atoms. The molecule has 1 atom stereocenters. The lowest BCUT2D eigenvalue weighted by molar-refractivity contribution is -0.00801. The topological polar surface area (TPSA) is 71.1 Å². The predicted molar refractivity (Wildman–Crippen MR) is 99.9 cm³/mol. The molecule has 4 rings (SSSR count). The van der Waals surface area contributed by atoms with E-state index in [4.69, 9.17) is 4.74 Å². The molecule has 6 nitrogen and oxygen atoms in total. The van der Waals surface area contributed by atoms with Gasteiger partial charge in [-0.15, -0.1) is 0 Å². The fourth-order valence-electron chi connectivity index (χ4n) is 3.11. The number of pyridine rings is 1. The number of nitrogens with zero attached hydrogens (tertiary/aromatic N) is 3. The number of carbonyl (C=O) groups is 1. The molecule has 1 aliphatic heterocycles. The molecule has 1 fully saturated rings. The third-order valence-corrected chi connectivity index (χ3v) is 5.17. The van der Waals surface area contributed by atoms with E-state index in [0.717, 1.165) is 36.3 Å². The van der Waals surface area contributed by atoms with Crippen molar-refractivity contribution in [2.75, 3.05) is 13.1 Å². The Morgan fingerprint density at radius 1 is 1.38 bits per heavy atom. The van der Waals surface area contributed by atoms with E-state index in [1.807, 2.05) is 46.0 Å². The van der Waals surface area contributed by atoms with Crippen LogP contribution in [0.5, 0.6) is 0 Å². The zero-order valence-electron chi connectivity index (χ0n) is 14.3. The number of hydrogen-bond donors (Lipinski definition) is 1. The Kier molecular flexibility index (Phi) is 5.08. The minimum absolute atomic E-state index is 0.0230. The van der Waals surface area contributed by atoms with Crippen molar-refractivity contribution in [1.29, 1.82) is 0 Å². The molecular formula is C19H20N4O2S. The van der Waals surface area contributed by atoms with E-state index in [1.54, 1.807) is 17.5 Å². The number of thiophene rings is 1. The van der Waals surface area contributed by atoms with Gasteiger partial charge in [-0.2, -0.15) is 16.4 Å². The number of hydrogen-bond acceptors (Lipinski definition) is 5. The fourth-order valence-corrected chi connectivity index (χ4v) is 3.75. The standard InChI is InChI=1S/C19H20N4O2S/c24-19(18-10-17(21-22-18)14-6-9-26-13-14)23-8-3-5-16(11-23)25-12-15-4-1-2-7-20-15/h1-2,4,6-7,9-10,13,16H,3,5,8,11-12H2,(H,21,22). The first kappa shape index (κ1) is 16.9. The van der Waals surface area contributed by atoms with E-state index in [9.17, 15) is 4.79 Å². The van der Waals surface area contributed by atoms with E-state index in [-0.39, 0.29) is 12.0 Å². The van der Waals surface area contributed by atoms with Gasteiger partial charge in [-0.1, -0.05) is 6.07 Å². The lowest BCUT2D eigenvalue weighted by Crippen LogP contribution is -2.43. The summed E-state index contributed by atoms with van der Waals surface area (Å²) in [7, 11) is 0. The Morgan fingerprint density at radius 2 is 2.35 bits per heavy atom. The van der Waals surface area contributed by atoms with Crippen molar-refractivity contribution in [3.8, 4) is 11.3 Å². The van der Waals surface area contributed by atoms with Gasteiger partial charge in [0.25, 0.3) is 5.91 Å². The van der Waals surface area contributed by atoms with Crippen LogP contribution in [0.1, 0.15) is 29.0 Å². The van der Waals surface area contributed by atoms with Crippen LogP contribution >= 0.6 is 11.3 Å². The molecule has 7 heteroatoms. The van der Waals surface area contributed by atoms with Crippen molar-refractivity contribution in [2.45, 2.75) is 25.6 Å². The lowest BCUT2D eigenvalue weighted by atomic mass is 10.1. The van der Waals surface area contributed by atoms with Crippen LogP contribution in [0.25, 0.3) is 11.3 Å². The summed E-state index contributed by atoms with van der Waals surface area (Å²) in [6.07, 6.45) is 3.69. The molecule has 4 heterocycles. The molecule has 26 heavy (non-hydrogen) atoms. The average Bonchev–Trinajstić information content (AvgIpc) is 3.38. The van der Waals surface area contributed by atoms with Gasteiger partial charge in [0, 0.05) is 30.2 Å². The summed E-state index contributed by atoms with van der Waals surface area (Å²) in [5, 5.41) is 11.2. The van der Waals surface area contributed by atoms with Crippen molar-refractivity contribution in [1.82, 2.24) is 20.1 Å². The number of nitrogens with one attached hydrogen (secondary N) is 1. The number of aromatic amines is 1. The van der Waals surface area contributed by atoms with Crippen LogP contribution in [0, 0.1) is 0 Å². The number of amides is 1. The molecular weight excluding hydrogens is 348 g/mol. The number of likely N-dealkylation sites (tertiary alicyclic amines) is 1. The van der Waals surface area contributed by atoms with Crippen molar-refractivity contribution >= 4 is 17.2 Å². The summed E-state index contributed by atoms with van der Waals surface area (Å²) < 4.78 is 5.97. The molecule has 1 unspecified atom stereocenters. The lowest BCUT2D eigenvalue weighted by Gasteiger charge is -2.32. The number of rotatable bonds is 5. The van der Waals surface area contributed by atoms with Crippen LogP contribution in [0.15, 0.2) is 47.3 Å². The molecule has 3 aromatic rings. The molecule has 1 N–H and O–H groups in total. The molecule has 134 valence electrons. The van der Waals surface area contributed by atoms with E-state index >= 15 is 0 Å². The van der Waals surface area contributed by atoms with E-state index in [1.165, 1.54) is 0 Å². The van der Waals surface area contributed by atoms with Crippen LogP contribution in [-0.4, -0.2) is 45.2 Å². The molecule has 0 aromatic carbocycles. The number of aromatic nitrogens is 3. The van der Waals surface area contributed by atoms with Gasteiger partial charge in [0.1, 0.15) is 5.69 Å². The average molecular weight is 368 g/mol. The molecule has 1 saturated heterocycles. The predicted octanol–water partition coefficient (Wildman–Crippen LogP) is 3.35. The maximum Gasteiger partial charge on any atom is 0.271 e. The first-order valence-corrected chi connectivity index (χ1v) is 9.62. The summed E-state index contributed by atoms with van der Waals surface area (Å²) in [5.41, 5.74) is 3.26. The Morgan fingerprint density at radius 3 is 3.15 bits per heavy atom. The zero-order chi connectivity index (χ0) is 17.8. The quantitative estimate of drug-likeness (QED) is 0.750. The van der Waals surface area contributed by atoms with E-state index in [0.29, 0.717) is 18.8 Å². The van der Waals surface area contributed by atoms with Crippen molar-refractivity contribution < 1.29 is 9.53 Å². The van der Waals surface area contributed by atoms with Gasteiger partial charge in [0.15, 0.2) is 0 Å². The Hall–Kier alpha value is -2.51. The Balaban J connectivity index is 1.37. The zero-order valence-corrected chi connectivity index (χ0v) is 15.1. The second kappa shape index (κ2) is 7.80. The normalized spacial score (nSPS) is 17.4. The van der Waals surface area contributed by atoms with Crippen LogP contribution in [0.2, 0.25) is 0 Å². The Labute approximate surface area is 155 Å². The van der Waals surface area contributed by atoms with Crippen LogP contribution in [-0.2, 0) is 11.3 Å². The third kappa shape index (κ3) is 3.84. The number of H-pyrrole nitrogens is 1. The highest BCUT2D eigenvalue weighted by Crippen LogP contribution is 2.22. The van der Waals surface area contributed by atoms with Gasteiger partial charge in [-0.3, -0.25) is 14.9 Å². The van der Waals surface area contributed by atoms with Crippen molar-refractivity contribution in [3.05, 3.63) is 58.7 Å². The number of carbonyl (C=O) groups excluding carboxylic acids is 1. The third-order valence-electron chi connectivity index (χ3n) is 4.48. The van der Waals surface area contributed by atoms with Crippen LogP contribution in [0.3, 0.4) is 0 Å². The molecule has 3 aromatic heterocycles. The maximum absolute atomic E-state index is 12.8. The van der Waals surface area contributed by atoms with Gasteiger partial charge >= 0.3 is 0 Å². The molecule has 1 amide bonds. The highest BCUT2D eigenvalue weighted by Gasteiger charge is 2.26. The Bertz CT molecular complexity index is 848. The van der Waals surface area contributed by atoms with Gasteiger partial charge in [-0.05, 0) is 42.5 Å². The summed E-state index contributed by atoms with van der Waals surface area (Å²) in [4.78, 5) is 18.9. The second-order valence-electron chi connectivity index (χ2n) is 6.33. The summed E-state index contributed by atoms with van der Waals surface area (Å²) in [5.74, 6) is -0.0230. The minimum Gasteiger partial charge on any atom is -0.370 e. The monoisotopic (exact) mass is 368 g/mol. The van der Waals surface area contributed by atoms with Crippen molar-refractivity contribution in [3.63, 3.8) is 0 Å². The van der Waals surface area contributed by atoms with Gasteiger partial charge in [0.2, 0.25) is 0 Å². The smallest absolute Gasteiger partial charge is 0.271 e. The summed E-state index contributed by atoms with van der Waals surface area (Å²) >= 11 is 1.61. The first-order chi connectivity index (χ1) is 12.8. The van der Waals surface area contributed by atoms with Crippen molar-refractivity contribution in [2.24, 2.45) is 0 Å². The van der Waals surface area contributed by atoms with Crippen LogP contribution < -0.4 is 0 Å². The number of ether oxygens (including phenoxy) is 1. The van der Waals surface area contributed by atoms with Gasteiger partial charge in [-0.25, -0.2) is 0 Å². The molecule has 0 aliphatic carbocycles. The summed E-state index contributed by atoms with van der Waals surface area (Å²) in [6, 6.07) is 9.60. The molecule has 1 aliphatic rings. The minimum atomic E-state index is -0.0230. The van der Waals surface area contributed by atoms with Crippen LogP contribution in [0.4, 0.5) is 0 Å². The number of piperidine rings is 1. The van der Waals surface area contributed by atoms with Gasteiger partial charge in [0.05, 0.1) is 24.1 Å². The van der Waals surface area contributed by atoms with Gasteiger partial charge < -0.3 is 9.64 Å². The largest absolute Gasteiger partial charge is 0.370 e. The first-order valence-electron chi connectivity index (χ1n) is 8.68. The fraction of sp³-hybridized carbons (Fsp3) is 0.316. The summed E-state index contributed by atoms with van der Waals surface area (Å²) in [6.45, 7) is 1.81. The maximum atomic E-state index is 12.8. The van der Waals surface area contributed by atoms with E-state index in [2.05, 4.69) is 15.2 Å². The molecule has 0 radical (unpaired) electrons. The highest BCUT2D eigenvalue weighted by molar-refractivity contribution is 7.08.